The van der Waals surface area contributed by atoms with E-state index >= 15 is 0 Å². The van der Waals surface area contributed by atoms with Crippen LogP contribution in [0.5, 0.6) is 0 Å². The predicted octanol–water partition coefficient (Wildman–Crippen LogP) is 2.74. The number of fused-ring (bicyclic) bond motifs is 1. The highest BCUT2D eigenvalue weighted by Crippen LogP contribution is 2.25. The third kappa shape index (κ3) is 5.06. The number of hydrogen-bond acceptors (Lipinski definition) is 9. The molecule has 2 N–H and O–H groups in total. The molecule has 0 spiro atoms. The first-order chi connectivity index (χ1) is 15.3. The smallest absolute Gasteiger partial charge is 0.233 e. The van der Waals surface area contributed by atoms with Crippen molar-refractivity contribution in [2.24, 2.45) is 0 Å². The maximum atomic E-state index is 11.9. The summed E-state index contributed by atoms with van der Waals surface area (Å²) >= 11 is 6.26. The molecule has 2 aromatic heterocycles. The largest absolute Gasteiger partial charge is 0.376 e. The van der Waals surface area contributed by atoms with Crippen molar-refractivity contribution < 1.29 is 13.2 Å². The lowest BCUT2D eigenvalue weighted by molar-refractivity contribution is 0.111. The number of ether oxygens (including phenoxy) is 1. The van der Waals surface area contributed by atoms with E-state index in [9.17, 15) is 8.42 Å². The molecule has 12 heteroatoms. The molecule has 32 heavy (non-hydrogen) atoms. The van der Waals surface area contributed by atoms with Crippen LogP contribution in [0.2, 0.25) is 5.02 Å². The van der Waals surface area contributed by atoms with Gasteiger partial charge in [-0.1, -0.05) is 17.7 Å². The van der Waals surface area contributed by atoms with Crippen molar-refractivity contribution in [2.45, 2.75) is 19.6 Å². The van der Waals surface area contributed by atoms with E-state index in [4.69, 9.17) is 16.3 Å². The molecule has 0 radical (unpaired) electrons. The third-order valence-corrected chi connectivity index (χ3v) is 6.40. The second-order valence-corrected chi connectivity index (χ2v) is 9.63. The molecule has 4 rings (SSSR count). The quantitative estimate of drug-likeness (QED) is 0.530. The molecule has 0 unspecified atom stereocenters. The molecule has 0 fully saturated rings. The first-order valence-electron chi connectivity index (χ1n) is 9.78. The lowest BCUT2D eigenvalue weighted by Gasteiger charge is -2.18. The summed E-state index contributed by atoms with van der Waals surface area (Å²) in [5, 5.41) is 6.60. The predicted molar refractivity (Wildman–Crippen MR) is 123 cm³/mol. The van der Waals surface area contributed by atoms with E-state index in [-0.39, 0.29) is 12.4 Å². The Morgan fingerprint density at radius 1 is 1.19 bits per heavy atom. The second-order valence-electron chi connectivity index (χ2n) is 7.21. The van der Waals surface area contributed by atoms with Gasteiger partial charge in [0.15, 0.2) is 11.6 Å². The lowest BCUT2D eigenvalue weighted by atomic mass is 10.0. The van der Waals surface area contributed by atoms with Crippen molar-refractivity contribution in [3.63, 3.8) is 0 Å². The van der Waals surface area contributed by atoms with Crippen LogP contribution in [-0.4, -0.2) is 48.3 Å². The number of halogens is 1. The zero-order valence-corrected chi connectivity index (χ0v) is 19.1. The van der Waals surface area contributed by atoms with Gasteiger partial charge in [-0.15, -0.1) is 0 Å². The Bertz CT molecular complexity index is 1240. The van der Waals surface area contributed by atoms with Gasteiger partial charge >= 0.3 is 0 Å². The molecular formula is C20H22ClN7O3S. The van der Waals surface area contributed by atoms with Gasteiger partial charge in [-0.25, -0.2) is 18.4 Å². The van der Waals surface area contributed by atoms with E-state index in [0.29, 0.717) is 35.7 Å². The standard InChI is InChI=1S/C20H22ClN7O3S/c1-28(32(2,29)30)19-17(22-6-7-23-19)11-24-18-16(21)10-25-20(27-18)26-15-4-3-14-12-31-8-5-13(14)9-15/h3-4,6-7,9-10H,5,8,11-12H2,1-2H3,(H2,24,25,26,27). The molecule has 3 aromatic rings. The highest BCUT2D eigenvalue weighted by atomic mass is 35.5. The van der Waals surface area contributed by atoms with Gasteiger partial charge < -0.3 is 15.4 Å². The Morgan fingerprint density at radius 3 is 2.81 bits per heavy atom. The molecule has 1 aliphatic rings. The summed E-state index contributed by atoms with van der Waals surface area (Å²) < 4.78 is 30.4. The molecule has 10 nitrogen and oxygen atoms in total. The molecule has 0 amide bonds. The molecule has 0 saturated carbocycles. The van der Waals surface area contributed by atoms with Crippen LogP contribution in [0.4, 0.5) is 23.3 Å². The van der Waals surface area contributed by atoms with E-state index < -0.39 is 10.0 Å². The molecule has 3 heterocycles. The lowest BCUT2D eigenvalue weighted by Crippen LogP contribution is -2.27. The number of anilines is 4. The Balaban J connectivity index is 1.51. The van der Waals surface area contributed by atoms with E-state index in [1.54, 1.807) is 0 Å². The number of aromatic nitrogens is 4. The molecular weight excluding hydrogens is 454 g/mol. The molecule has 168 valence electrons. The highest BCUT2D eigenvalue weighted by molar-refractivity contribution is 7.92. The number of benzene rings is 1. The fourth-order valence-corrected chi connectivity index (χ4v) is 3.82. The Morgan fingerprint density at radius 2 is 2.00 bits per heavy atom. The summed E-state index contributed by atoms with van der Waals surface area (Å²) in [5.41, 5.74) is 3.71. The molecule has 0 aliphatic carbocycles. The van der Waals surface area contributed by atoms with Crippen LogP contribution in [-0.2, 0) is 34.3 Å². The number of sulfonamides is 1. The average Bonchev–Trinajstić information content (AvgIpc) is 2.78. The van der Waals surface area contributed by atoms with E-state index in [1.165, 1.54) is 36.8 Å². The van der Waals surface area contributed by atoms with E-state index in [2.05, 4.69) is 36.6 Å². The Labute approximate surface area is 191 Å². The number of rotatable bonds is 7. The van der Waals surface area contributed by atoms with E-state index in [0.717, 1.165) is 22.7 Å². The minimum absolute atomic E-state index is 0.165. The first kappa shape index (κ1) is 22.2. The van der Waals surface area contributed by atoms with Gasteiger partial charge in [-0.3, -0.25) is 9.29 Å². The fraction of sp³-hybridized carbons (Fsp3) is 0.300. The molecule has 0 saturated heterocycles. The van der Waals surface area contributed by atoms with Gasteiger partial charge in [-0.2, -0.15) is 4.98 Å². The Hall–Kier alpha value is -3.02. The highest BCUT2D eigenvalue weighted by Gasteiger charge is 2.18. The van der Waals surface area contributed by atoms with Crippen molar-refractivity contribution >= 4 is 44.9 Å². The van der Waals surface area contributed by atoms with Crippen molar-refractivity contribution in [1.82, 2.24) is 19.9 Å². The fourth-order valence-electron chi connectivity index (χ4n) is 3.19. The van der Waals surface area contributed by atoms with Crippen LogP contribution < -0.4 is 14.9 Å². The van der Waals surface area contributed by atoms with Gasteiger partial charge in [0, 0.05) is 25.1 Å². The van der Waals surface area contributed by atoms with Crippen molar-refractivity contribution in [3.8, 4) is 0 Å². The summed E-state index contributed by atoms with van der Waals surface area (Å²) in [5.74, 6) is 0.981. The van der Waals surface area contributed by atoms with Gasteiger partial charge in [0.1, 0.15) is 10.7 Å². The number of hydrogen-bond donors (Lipinski definition) is 2. The second kappa shape index (κ2) is 9.23. The monoisotopic (exact) mass is 475 g/mol. The summed E-state index contributed by atoms with van der Waals surface area (Å²) in [4.78, 5) is 17.1. The average molecular weight is 476 g/mol. The van der Waals surface area contributed by atoms with Gasteiger partial charge in [-0.05, 0) is 29.7 Å². The molecule has 1 aromatic carbocycles. The molecule has 0 bridgehead atoms. The van der Waals surface area contributed by atoms with Crippen LogP contribution >= 0.6 is 11.6 Å². The van der Waals surface area contributed by atoms with Gasteiger partial charge in [0.05, 0.1) is 32.2 Å². The number of nitrogens with one attached hydrogen (secondary N) is 2. The normalized spacial score (nSPS) is 13.3. The topological polar surface area (TPSA) is 122 Å². The van der Waals surface area contributed by atoms with Crippen LogP contribution in [0.15, 0.2) is 36.8 Å². The van der Waals surface area contributed by atoms with Crippen LogP contribution in [0.25, 0.3) is 0 Å². The van der Waals surface area contributed by atoms with Crippen molar-refractivity contribution in [2.75, 3.05) is 34.8 Å². The van der Waals surface area contributed by atoms with Crippen molar-refractivity contribution in [3.05, 3.63) is 58.6 Å². The van der Waals surface area contributed by atoms with Crippen LogP contribution in [0.3, 0.4) is 0 Å². The maximum Gasteiger partial charge on any atom is 0.233 e. The SMILES string of the molecule is CN(c1nccnc1CNc1nc(Nc2ccc3c(c2)CCOC3)ncc1Cl)S(C)(=O)=O. The minimum atomic E-state index is -3.48. The Kier molecular flexibility index (Phi) is 6.40. The zero-order chi connectivity index (χ0) is 22.7. The molecule has 1 aliphatic heterocycles. The zero-order valence-electron chi connectivity index (χ0n) is 17.5. The van der Waals surface area contributed by atoms with E-state index in [1.807, 2.05) is 12.1 Å². The summed E-state index contributed by atoms with van der Waals surface area (Å²) in [6.07, 6.45) is 6.39. The van der Waals surface area contributed by atoms with Crippen molar-refractivity contribution in [1.29, 1.82) is 0 Å². The summed E-state index contributed by atoms with van der Waals surface area (Å²) in [6.45, 7) is 1.50. The molecule has 0 atom stereocenters. The van der Waals surface area contributed by atoms with Crippen LogP contribution in [0.1, 0.15) is 16.8 Å². The minimum Gasteiger partial charge on any atom is -0.376 e. The third-order valence-electron chi connectivity index (χ3n) is 4.95. The first-order valence-corrected chi connectivity index (χ1v) is 12.0. The number of nitrogens with zero attached hydrogens (tertiary/aromatic N) is 5. The maximum absolute atomic E-state index is 11.9. The van der Waals surface area contributed by atoms with Crippen LogP contribution in [0, 0.1) is 0 Å². The summed E-state index contributed by atoms with van der Waals surface area (Å²) in [7, 11) is -2.06. The van der Waals surface area contributed by atoms with Gasteiger partial charge in [0.25, 0.3) is 0 Å². The summed E-state index contributed by atoms with van der Waals surface area (Å²) in [6, 6.07) is 6.04. The van der Waals surface area contributed by atoms with Gasteiger partial charge in [0.2, 0.25) is 16.0 Å².